The van der Waals surface area contributed by atoms with E-state index in [4.69, 9.17) is 21.7 Å². The fourth-order valence-corrected chi connectivity index (χ4v) is 6.82. The van der Waals surface area contributed by atoms with Crippen LogP contribution < -0.4 is 14.5 Å². The number of halogens is 4. The van der Waals surface area contributed by atoms with Crippen LogP contribution in [0.2, 0.25) is 5.02 Å². The van der Waals surface area contributed by atoms with Gasteiger partial charge < -0.3 is 14.7 Å². The maximum Gasteiger partial charge on any atom is 0.401 e. The monoisotopic (exact) mass is 654 g/mol. The lowest BCUT2D eigenvalue weighted by Gasteiger charge is -2.37. The summed E-state index contributed by atoms with van der Waals surface area (Å²) in [5, 5.41) is 5.23. The van der Waals surface area contributed by atoms with E-state index in [1.807, 2.05) is 17.0 Å². The summed E-state index contributed by atoms with van der Waals surface area (Å²) < 4.78 is 67.2. The summed E-state index contributed by atoms with van der Waals surface area (Å²) in [4.78, 5) is 26.2. The van der Waals surface area contributed by atoms with Crippen molar-refractivity contribution in [1.82, 2.24) is 24.4 Å². The Morgan fingerprint density at radius 3 is 2.41 bits per heavy atom. The highest BCUT2D eigenvalue weighted by atomic mass is 35.5. The zero-order chi connectivity index (χ0) is 31.2. The van der Waals surface area contributed by atoms with Crippen LogP contribution in [0.15, 0.2) is 30.3 Å². The number of piperidine rings is 1. The number of hydrogen-bond acceptors (Lipinski definition) is 8. The molecule has 3 aliphatic rings. The number of nitrogens with zero attached hydrogens (tertiary/aromatic N) is 7. The summed E-state index contributed by atoms with van der Waals surface area (Å²) in [6, 6.07) is 7.88. The number of nitrogens with one attached hydrogen (secondary N) is 1. The number of benzene rings is 1. The molecular formula is C28H34ClF3N8O3S. The number of alkyl halides is 3. The van der Waals surface area contributed by atoms with E-state index in [2.05, 4.69) is 9.62 Å². The van der Waals surface area contributed by atoms with Gasteiger partial charge in [0.15, 0.2) is 5.65 Å². The molecule has 2 aromatic heterocycles. The van der Waals surface area contributed by atoms with Crippen LogP contribution in [0.4, 0.5) is 30.5 Å². The van der Waals surface area contributed by atoms with Gasteiger partial charge in [-0.3, -0.25) is 14.4 Å². The molecule has 0 saturated carbocycles. The van der Waals surface area contributed by atoms with Crippen molar-refractivity contribution >= 4 is 50.5 Å². The molecule has 0 aliphatic carbocycles. The number of aromatic nitrogens is 3. The molecule has 238 valence electrons. The number of amides is 1. The van der Waals surface area contributed by atoms with Crippen LogP contribution in [0.25, 0.3) is 5.65 Å². The maximum atomic E-state index is 14.0. The summed E-state index contributed by atoms with van der Waals surface area (Å²) in [7, 11) is -3.65. The number of carbonyl (C=O) groups excluding carboxylic acids is 1. The third kappa shape index (κ3) is 6.69. The van der Waals surface area contributed by atoms with Gasteiger partial charge in [0.25, 0.3) is 5.91 Å². The summed E-state index contributed by atoms with van der Waals surface area (Å²) in [5.74, 6) is 1.17. The highest BCUT2D eigenvalue weighted by Crippen LogP contribution is 2.35. The van der Waals surface area contributed by atoms with Crippen molar-refractivity contribution in [3.8, 4) is 0 Å². The summed E-state index contributed by atoms with van der Waals surface area (Å²) in [5.41, 5.74) is 1.53. The number of rotatable bonds is 7. The Kier molecular flexibility index (Phi) is 8.30. The van der Waals surface area contributed by atoms with Gasteiger partial charge in [-0.15, -0.1) is 0 Å². The number of fused-ring (bicyclic) bond motifs is 1. The van der Waals surface area contributed by atoms with E-state index in [9.17, 15) is 26.4 Å². The average Bonchev–Trinajstić information content (AvgIpc) is 3.35. The standard InChI is InChI=1S/C28H34ClF3N8O3S/c1-44(42,43)35-21-7-6-19(29)15-20(21)27(41)39-10-3-2-5-23(39)22-16-25-33-24(37-8-4-9-37)17-26(40(25)34-22)38-13-11-36(12-14-38)18-28(30,31)32/h6-7,15-17,23,35H,2-5,8-14,18H2,1H3/t23-/m0/s1. The molecule has 1 atom stereocenters. The Bertz CT molecular complexity index is 1660. The quantitative estimate of drug-likeness (QED) is 0.408. The van der Waals surface area contributed by atoms with E-state index in [0.717, 1.165) is 50.2 Å². The Hall–Kier alpha value is -3.30. The van der Waals surface area contributed by atoms with E-state index >= 15 is 0 Å². The number of hydrogen-bond donors (Lipinski definition) is 1. The zero-order valence-electron chi connectivity index (χ0n) is 24.2. The minimum atomic E-state index is -4.25. The SMILES string of the molecule is CS(=O)(=O)Nc1ccc(Cl)cc1C(=O)N1CCCC[C@H]1c1cc2nc(N3CCC3)cc(N3CCN(CC(F)(F)F)CC3)n2n1. The molecule has 3 aromatic rings. The van der Waals surface area contributed by atoms with Gasteiger partial charge in [-0.05, 0) is 43.9 Å². The fraction of sp³-hybridized carbons (Fsp3) is 0.536. The predicted octanol–water partition coefficient (Wildman–Crippen LogP) is 4.02. The first-order valence-electron chi connectivity index (χ1n) is 14.6. The lowest BCUT2D eigenvalue weighted by atomic mass is 9.98. The van der Waals surface area contributed by atoms with Crippen LogP contribution in [-0.4, -0.2) is 104 Å². The molecule has 0 unspecified atom stereocenters. The van der Waals surface area contributed by atoms with Gasteiger partial charge >= 0.3 is 6.18 Å². The largest absolute Gasteiger partial charge is 0.401 e. The molecule has 0 spiro atoms. The Morgan fingerprint density at radius 2 is 1.75 bits per heavy atom. The van der Waals surface area contributed by atoms with Gasteiger partial charge in [-0.25, -0.2) is 13.4 Å². The molecule has 0 radical (unpaired) electrons. The molecular weight excluding hydrogens is 621 g/mol. The van der Waals surface area contributed by atoms with Crippen molar-refractivity contribution in [3.63, 3.8) is 0 Å². The number of carbonyl (C=O) groups is 1. The zero-order valence-corrected chi connectivity index (χ0v) is 25.8. The van der Waals surface area contributed by atoms with Gasteiger partial charge in [0, 0.05) is 63.0 Å². The molecule has 3 fully saturated rings. The Balaban J connectivity index is 1.33. The van der Waals surface area contributed by atoms with Crippen LogP contribution in [0.3, 0.4) is 0 Å². The van der Waals surface area contributed by atoms with Crippen LogP contribution >= 0.6 is 11.6 Å². The third-order valence-corrected chi connectivity index (χ3v) is 9.13. The van der Waals surface area contributed by atoms with Crippen molar-refractivity contribution in [3.05, 3.63) is 46.6 Å². The van der Waals surface area contributed by atoms with Gasteiger partial charge in [-0.1, -0.05) is 11.6 Å². The summed E-state index contributed by atoms with van der Waals surface area (Å²) in [6.45, 7) is 2.61. The van der Waals surface area contributed by atoms with Crippen molar-refractivity contribution < 1.29 is 26.4 Å². The van der Waals surface area contributed by atoms with Crippen LogP contribution in [0.5, 0.6) is 0 Å². The lowest BCUT2D eigenvalue weighted by Crippen LogP contribution is -2.49. The molecule has 3 aliphatic heterocycles. The number of sulfonamides is 1. The molecule has 1 amide bonds. The second kappa shape index (κ2) is 11.9. The minimum absolute atomic E-state index is 0.147. The highest BCUT2D eigenvalue weighted by Gasteiger charge is 2.35. The van der Waals surface area contributed by atoms with Gasteiger partial charge in [-0.2, -0.15) is 22.8 Å². The van der Waals surface area contributed by atoms with Gasteiger partial charge in [0.05, 0.1) is 35.8 Å². The van der Waals surface area contributed by atoms with Gasteiger partial charge in [0.2, 0.25) is 10.0 Å². The smallest absolute Gasteiger partial charge is 0.356 e. The molecule has 11 nitrogen and oxygen atoms in total. The Morgan fingerprint density at radius 1 is 1.00 bits per heavy atom. The Labute approximate surface area is 258 Å². The molecule has 5 heterocycles. The second-order valence-electron chi connectivity index (χ2n) is 11.6. The fourth-order valence-electron chi connectivity index (χ4n) is 6.07. The summed E-state index contributed by atoms with van der Waals surface area (Å²) >= 11 is 6.23. The minimum Gasteiger partial charge on any atom is -0.356 e. The molecule has 1 N–H and O–H groups in total. The predicted molar refractivity (Wildman–Crippen MR) is 162 cm³/mol. The molecule has 6 rings (SSSR count). The number of anilines is 3. The first-order valence-corrected chi connectivity index (χ1v) is 16.9. The molecule has 1 aromatic carbocycles. The average molecular weight is 655 g/mol. The van der Waals surface area contributed by atoms with Crippen LogP contribution in [-0.2, 0) is 10.0 Å². The lowest BCUT2D eigenvalue weighted by molar-refractivity contribution is -0.146. The van der Waals surface area contributed by atoms with Crippen LogP contribution in [0.1, 0.15) is 47.8 Å². The van der Waals surface area contributed by atoms with Crippen molar-refractivity contribution in [1.29, 1.82) is 0 Å². The normalized spacial score (nSPS) is 20.2. The highest BCUT2D eigenvalue weighted by molar-refractivity contribution is 7.92. The van der Waals surface area contributed by atoms with Crippen LogP contribution in [0, 0.1) is 0 Å². The van der Waals surface area contributed by atoms with Crippen molar-refractivity contribution in [2.45, 2.75) is 37.9 Å². The topological polar surface area (TPSA) is 106 Å². The van der Waals surface area contributed by atoms with E-state index in [1.165, 1.54) is 23.1 Å². The third-order valence-electron chi connectivity index (χ3n) is 8.31. The van der Waals surface area contributed by atoms with E-state index in [0.29, 0.717) is 42.4 Å². The second-order valence-corrected chi connectivity index (χ2v) is 13.8. The van der Waals surface area contributed by atoms with E-state index < -0.39 is 28.8 Å². The molecule has 16 heteroatoms. The van der Waals surface area contributed by atoms with E-state index in [-0.39, 0.29) is 30.2 Å². The molecule has 0 bridgehead atoms. The van der Waals surface area contributed by atoms with Crippen molar-refractivity contribution in [2.75, 3.05) is 73.1 Å². The van der Waals surface area contributed by atoms with E-state index in [1.54, 1.807) is 9.42 Å². The molecule has 44 heavy (non-hydrogen) atoms. The molecule has 3 saturated heterocycles. The van der Waals surface area contributed by atoms with Crippen molar-refractivity contribution in [2.24, 2.45) is 0 Å². The number of likely N-dealkylation sites (tertiary alicyclic amines) is 1. The first kappa shape index (κ1) is 30.7. The van der Waals surface area contributed by atoms with Gasteiger partial charge in [0.1, 0.15) is 11.6 Å². The first-order chi connectivity index (χ1) is 20.8. The summed E-state index contributed by atoms with van der Waals surface area (Å²) in [6.07, 6.45) is 0.120. The number of piperazine rings is 1. The maximum absolute atomic E-state index is 14.0.